The van der Waals surface area contributed by atoms with Crippen molar-refractivity contribution in [1.29, 1.82) is 0 Å². The molecular weight excluding hydrogens is 234 g/mol. The van der Waals surface area contributed by atoms with E-state index < -0.39 is 0 Å². The molecule has 0 radical (unpaired) electrons. The van der Waals surface area contributed by atoms with Crippen molar-refractivity contribution in [3.05, 3.63) is 17.5 Å². The van der Waals surface area contributed by atoms with E-state index in [1.54, 1.807) is 6.92 Å². The van der Waals surface area contributed by atoms with Gasteiger partial charge in [0.1, 0.15) is 0 Å². The molecule has 6 nitrogen and oxygen atoms in total. The summed E-state index contributed by atoms with van der Waals surface area (Å²) in [6, 6.07) is 0. The van der Waals surface area contributed by atoms with Crippen molar-refractivity contribution in [3.63, 3.8) is 0 Å². The fourth-order valence-electron chi connectivity index (χ4n) is 1.94. The third kappa shape index (κ3) is 3.54. The lowest BCUT2D eigenvalue weighted by molar-refractivity contribution is 0.0341. The van der Waals surface area contributed by atoms with Crippen molar-refractivity contribution in [3.8, 4) is 0 Å². The minimum absolute atomic E-state index is 0.237. The Morgan fingerprint density at radius 1 is 1.61 bits per heavy atom. The summed E-state index contributed by atoms with van der Waals surface area (Å²) in [5.74, 6) is 0.0378. The first kappa shape index (κ1) is 13.0. The number of carbonyl (C=O) groups excluding carboxylic acids is 1. The zero-order valence-corrected chi connectivity index (χ0v) is 10.6. The number of ether oxygens (including phenoxy) is 1. The average molecular weight is 253 g/mol. The van der Waals surface area contributed by atoms with Crippen LogP contribution in [0.3, 0.4) is 0 Å². The summed E-state index contributed by atoms with van der Waals surface area (Å²) >= 11 is 0. The minimum Gasteiger partial charge on any atom is -0.376 e. The Balaban J connectivity index is 1.63. The number of carbonyl (C=O) groups is 1. The zero-order chi connectivity index (χ0) is 12.8. The van der Waals surface area contributed by atoms with E-state index in [9.17, 15) is 4.79 Å². The highest BCUT2D eigenvalue weighted by molar-refractivity contribution is 5.92. The number of nitrogens with zero attached hydrogens (tertiary/aromatic N) is 1. The van der Waals surface area contributed by atoms with Gasteiger partial charge in [-0.3, -0.25) is 4.79 Å². The molecule has 0 atom stereocenters. The number of aryl methyl sites for hydroxylation is 1. The normalized spacial score (nSPS) is 16.7. The predicted octanol–water partition coefficient (Wildman–Crippen LogP) is 0.481. The fraction of sp³-hybridized carbons (Fsp3) is 0.667. The van der Waals surface area contributed by atoms with Crippen LogP contribution >= 0.6 is 0 Å². The van der Waals surface area contributed by atoms with Gasteiger partial charge < -0.3 is 19.9 Å². The van der Waals surface area contributed by atoms with Crippen molar-refractivity contribution in [2.45, 2.75) is 25.9 Å². The Kier molecular flexibility index (Phi) is 4.72. The van der Waals surface area contributed by atoms with Crippen LogP contribution in [0.1, 0.15) is 29.0 Å². The number of hydrogen-bond donors (Lipinski definition) is 2. The predicted molar refractivity (Wildman–Crippen MR) is 65.4 cm³/mol. The maximum Gasteiger partial charge on any atom is 0.290 e. The molecule has 1 fully saturated rings. The highest BCUT2D eigenvalue weighted by Crippen LogP contribution is 2.07. The van der Waals surface area contributed by atoms with Crippen molar-refractivity contribution >= 4 is 5.91 Å². The average Bonchev–Trinajstić information content (AvgIpc) is 2.82. The Morgan fingerprint density at radius 2 is 2.39 bits per heavy atom. The summed E-state index contributed by atoms with van der Waals surface area (Å²) in [6.45, 7) is 4.83. The first-order valence-corrected chi connectivity index (χ1v) is 6.29. The SMILES string of the molecule is Cc1cnoc1C(=O)NCCOC1CCNCC1. The molecule has 1 aromatic heterocycles. The Morgan fingerprint density at radius 3 is 3.06 bits per heavy atom. The molecule has 1 saturated heterocycles. The molecule has 2 rings (SSSR count). The number of nitrogens with one attached hydrogen (secondary N) is 2. The Bertz CT molecular complexity index is 386. The van der Waals surface area contributed by atoms with Gasteiger partial charge in [0.25, 0.3) is 5.91 Å². The molecule has 1 aliphatic heterocycles. The molecule has 0 unspecified atom stereocenters. The van der Waals surface area contributed by atoms with Gasteiger partial charge >= 0.3 is 0 Å². The van der Waals surface area contributed by atoms with Crippen molar-refractivity contribution in [2.75, 3.05) is 26.2 Å². The van der Waals surface area contributed by atoms with Crippen LogP contribution in [0.5, 0.6) is 0 Å². The van der Waals surface area contributed by atoms with Crippen LogP contribution in [0.2, 0.25) is 0 Å². The second-order valence-corrected chi connectivity index (χ2v) is 4.41. The molecule has 1 aliphatic rings. The van der Waals surface area contributed by atoms with E-state index in [-0.39, 0.29) is 11.7 Å². The molecule has 1 amide bonds. The van der Waals surface area contributed by atoms with Crippen LogP contribution in [-0.2, 0) is 4.74 Å². The molecular formula is C12H19N3O3. The van der Waals surface area contributed by atoms with Crippen LogP contribution < -0.4 is 10.6 Å². The van der Waals surface area contributed by atoms with Crippen molar-refractivity contribution in [2.24, 2.45) is 0 Å². The summed E-state index contributed by atoms with van der Waals surface area (Å²) in [4.78, 5) is 11.7. The first-order chi connectivity index (χ1) is 8.77. The lowest BCUT2D eigenvalue weighted by atomic mass is 10.1. The van der Waals surface area contributed by atoms with Gasteiger partial charge in [-0.2, -0.15) is 0 Å². The van der Waals surface area contributed by atoms with Crippen LogP contribution in [-0.4, -0.2) is 43.4 Å². The molecule has 2 N–H and O–H groups in total. The molecule has 0 spiro atoms. The third-order valence-electron chi connectivity index (χ3n) is 2.98. The molecule has 18 heavy (non-hydrogen) atoms. The molecule has 100 valence electrons. The smallest absolute Gasteiger partial charge is 0.290 e. The maximum absolute atomic E-state index is 11.7. The van der Waals surface area contributed by atoms with Crippen LogP contribution in [0, 0.1) is 6.92 Å². The fourth-order valence-corrected chi connectivity index (χ4v) is 1.94. The molecule has 0 aliphatic carbocycles. The lowest BCUT2D eigenvalue weighted by Crippen LogP contribution is -2.34. The summed E-state index contributed by atoms with van der Waals surface area (Å²) < 4.78 is 10.5. The monoisotopic (exact) mass is 253 g/mol. The number of amides is 1. The highest BCUT2D eigenvalue weighted by atomic mass is 16.5. The topological polar surface area (TPSA) is 76.4 Å². The second-order valence-electron chi connectivity index (χ2n) is 4.41. The largest absolute Gasteiger partial charge is 0.376 e. The van der Waals surface area contributed by atoms with Crippen LogP contribution in [0.15, 0.2) is 10.7 Å². The van der Waals surface area contributed by atoms with Gasteiger partial charge in [-0.15, -0.1) is 0 Å². The number of aromatic nitrogens is 1. The van der Waals surface area contributed by atoms with Crippen molar-refractivity contribution < 1.29 is 14.1 Å². The summed E-state index contributed by atoms with van der Waals surface area (Å²) in [5.41, 5.74) is 0.742. The van der Waals surface area contributed by atoms with Gasteiger partial charge in [0.15, 0.2) is 0 Å². The van der Waals surface area contributed by atoms with E-state index in [2.05, 4.69) is 15.8 Å². The number of hydrogen-bond acceptors (Lipinski definition) is 5. The molecule has 6 heteroatoms. The summed E-state index contributed by atoms with van der Waals surface area (Å²) in [5, 5.41) is 9.60. The highest BCUT2D eigenvalue weighted by Gasteiger charge is 2.15. The van der Waals surface area contributed by atoms with E-state index in [0.717, 1.165) is 31.5 Å². The third-order valence-corrected chi connectivity index (χ3v) is 2.98. The van der Waals surface area contributed by atoms with Crippen LogP contribution in [0.4, 0.5) is 0 Å². The van der Waals surface area contributed by atoms with E-state index in [0.29, 0.717) is 19.3 Å². The number of rotatable bonds is 5. The minimum atomic E-state index is -0.237. The lowest BCUT2D eigenvalue weighted by Gasteiger charge is -2.22. The first-order valence-electron chi connectivity index (χ1n) is 6.29. The molecule has 1 aromatic rings. The van der Waals surface area contributed by atoms with Gasteiger partial charge in [-0.1, -0.05) is 5.16 Å². The van der Waals surface area contributed by atoms with Gasteiger partial charge in [-0.25, -0.2) is 0 Å². The standard InChI is InChI=1S/C12H19N3O3/c1-9-8-15-18-11(9)12(16)14-6-7-17-10-2-4-13-5-3-10/h8,10,13H,2-7H2,1H3,(H,14,16). The van der Waals surface area contributed by atoms with E-state index >= 15 is 0 Å². The second kappa shape index (κ2) is 6.51. The quantitative estimate of drug-likeness (QED) is 0.746. The van der Waals surface area contributed by atoms with Crippen LogP contribution in [0.25, 0.3) is 0 Å². The van der Waals surface area contributed by atoms with Gasteiger partial charge in [-0.05, 0) is 32.9 Å². The number of piperidine rings is 1. The van der Waals surface area contributed by atoms with Gasteiger partial charge in [0, 0.05) is 12.1 Å². The molecule has 0 bridgehead atoms. The molecule has 2 heterocycles. The Labute approximate surface area is 106 Å². The van der Waals surface area contributed by atoms with E-state index in [4.69, 9.17) is 9.26 Å². The maximum atomic E-state index is 11.7. The summed E-state index contributed by atoms with van der Waals surface area (Å²) in [6.07, 6.45) is 3.92. The van der Waals surface area contributed by atoms with Gasteiger partial charge in [0.2, 0.25) is 5.76 Å². The summed E-state index contributed by atoms with van der Waals surface area (Å²) in [7, 11) is 0. The Hall–Kier alpha value is -1.40. The van der Waals surface area contributed by atoms with E-state index in [1.165, 1.54) is 6.20 Å². The molecule has 0 aromatic carbocycles. The van der Waals surface area contributed by atoms with E-state index in [1.807, 2.05) is 0 Å². The van der Waals surface area contributed by atoms with Gasteiger partial charge in [0.05, 0.1) is 18.9 Å². The zero-order valence-electron chi connectivity index (χ0n) is 10.6. The molecule has 0 saturated carbocycles. The van der Waals surface area contributed by atoms with Crippen molar-refractivity contribution in [1.82, 2.24) is 15.8 Å².